The van der Waals surface area contributed by atoms with Crippen molar-refractivity contribution < 1.29 is 14.9 Å². The van der Waals surface area contributed by atoms with E-state index < -0.39 is 0 Å². The Hall–Kier alpha value is -2.20. The molecule has 0 fully saturated rings. The van der Waals surface area contributed by atoms with Gasteiger partial charge >= 0.3 is 0 Å². The molecule has 3 rings (SSSR count). The number of nitrogens with one attached hydrogen (secondary N) is 1. The lowest BCUT2D eigenvalue weighted by Crippen LogP contribution is -2.31. The molecule has 0 saturated heterocycles. The number of methoxy groups -OCH3 is 1. The average molecular weight is 285 g/mol. The second-order valence-corrected chi connectivity index (χ2v) is 5.35. The van der Waals surface area contributed by atoms with Crippen LogP contribution in [0.4, 0.5) is 0 Å². The molecule has 21 heavy (non-hydrogen) atoms. The number of aromatic hydroxyl groups is 2. The van der Waals surface area contributed by atoms with Crippen LogP contribution in [0.5, 0.6) is 17.2 Å². The second-order valence-electron chi connectivity index (χ2n) is 5.35. The molecule has 2 aromatic carbocycles. The van der Waals surface area contributed by atoms with Gasteiger partial charge in [-0.05, 0) is 60.3 Å². The van der Waals surface area contributed by atoms with Gasteiger partial charge in [0.25, 0.3) is 0 Å². The molecule has 0 saturated carbocycles. The molecule has 0 radical (unpaired) electrons. The molecular weight excluding hydrogens is 266 g/mol. The molecule has 2 aromatic rings. The maximum atomic E-state index is 10.0. The van der Waals surface area contributed by atoms with Gasteiger partial charge in [-0.3, -0.25) is 0 Å². The van der Waals surface area contributed by atoms with Gasteiger partial charge < -0.3 is 20.3 Å². The number of hydrogen-bond acceptors (Lipinski definition) is 4. The first-order valence-electron chi connectivity index (χ1n) is 7.08. The Morgan fingerprint density at radius 3 is 2.86 bits per heavy atom. The van der Waals surface area contributed by atoms with E-state index in [1.54, 1.807) is 25.3 Å². The van der Waals surface area contributed by atoms with E-state index in [9.17, 15) is 10.2 Å². The summed E-state index contributed by atoms with van der Waals surface area (Å²) >= 11 is 0. The van der Waals surface area contributed by atoms with Crippen molar-refractivity contribution >= 4 is 0 Å². The highest BCUT2D eigenvalue weighted by Gasteiger charge is 2.22. The molecule has 110 valence electrons. The zero-order valence-electron chi connectivity index (χ0n) is 12.0. The van der Waals surface area contributed by atoms with Crippen molar-refractivity contribution in [2.24, 2.45) is 0 Å². The van der Waals surface area contributed by atoms with E-state index in [1.165, 1.54) is 5.56 Å². The number of fused-ring (bicyclic) bond motifs is 1. The van der Waals surface area contributed by atoms with Gasteiger partial charge in [-0.15, -0.1) is 0 Å². The van der Waals surface area contributed by atoms with Crippen LogP contribution in [0.25, 0.3) is 0 Å². The third kappa shape index (κ3) is 2.81. The Morgan fingerprint density at radius 1 is 1.24 bits per heavy atom. The van der Waals surface area contributed by atoms with Crippen molar-refractivity contribution in [2.45, 2.75) is 18.9 Å². The third-order valence-corrected chi connectivity index (χ3v) is 3.95. The fourth-order valence-electron chi connectivity index (χ4n) is 2.92. The average Bonchev–Trinajstić information content (AvgIpc) is 2.47. The normalized spacial score (nSPS) is 17.3. The molecule has 0 unspecified atom stereocenters. The van der Waals surface area contributed by atoms with Gasteiger partial charge in [0.2, 0.25) is 0 Å². The fourth-order valence-corrected chi connectivity index (χ4v) is 2.92. The van der Waals surface area contributed by atoms with Gasteiger partial charge in [0.15, 0.2) is 11.5 Å². The van der Waals surface area contributed by atoms with Crippen LogP contribution in [-0.4, -0.2) is 23.9 Å². The first kappa shape index (κ1) is 13.8. The van der Waals surface area contributed by atoms with Gasteiger partial charge in [-0.2, -0.15) is 0 Å². The minimum atomic E-state index is 0.132. The number of ether oxygens (including phenoxy) is 1. The van der Waals surface area contributed by atoms with Crippen LogP contribution in [0, 0.1) is 0 Å². The molecular formula is C17H19NO3. The van der Waals surface area contributed by atoms with Gasteiger partial charge in [0, 0.05) is 6.04 Å². The molecule has 0 amide bonds. The van der Waals surface area contributed by atoms with Crippen LogP contribution < -0.4 is 10.1 Å². The van der Waals surface area contributed by atoms with Crippen molar-refractivity contribution in [1.82, 2.24) is 5.32 Å². The van der Waals surface area contributed by atoms with E-state index in [0.29, 0.717) is 5.75 Å². The third-order valence-electron chi connectivity index (χ3n) is 3.95. The molecule has 0 aliphatic carbocycles. The summed E-state index contributed by atoms with van der Waals surface area (Å²) in [6, 6.07) is 11.1. The summed E-state index contributed by atoms with van der Waals surface area (Å²) in [6.45, 7) is 0.893. The van der Waals surface area contributed by atoms with Crippen LogP contribution in [-0.2, 0) is 12.8 Å². The Kier molecular flexibility index (Phi) is 3.71. The lowest BCUT2D eigenvalue weighted by molar-refractivity contribution is 0.370. The van der Waals surface area contributed by atoms with Crippen molar-refractivity contribution in [2.75, 3.05) is 13.7 Å². The topological polar surface area (TPSA) is 61.7 Å². The van der Waals surface area contributed by atoms with E-state index in [0.717, 1.165) is 30.5 Å². The predicted octanol–water partition coefficient (Wildman–Crippen LogP) is 2.54. The van der Waals surface area contributed by atoms with E-state index in [1.807, 2.05) is 18.2 Å². The number of hydrogen-bond donors (Lipinski definition) is 3. The van der Waals surface area contributed by atoms with Crippen molar-refractivity contribution in [1.29, 1.82) is 0 Å². The summed E-state index contributed by atoms with van der Waals surface area (Å²) in [7, 11) is 1.56. The molecule has 3 N–H and O–H groups in total. The van der Waals surface area contributed by atoms with Gasteiger partial charge in [-0.25, -0.2) is 0 Å². The Labute approximate surface area is 124 Å². The summed E-state index contributed by atoms with van der Waals surface area (Å²) < 4.78 is 5.18. The number of benzene rings is 2. The molecule has 4 heteroatoms. The first-order chi connectivity index (χ1) is 10.2. The maximum absolute atomic E-state index is 10.0. The second kappa shape index (κ2) is 5.66. The number of phenolic OH excluding ortho intramolecular Hbond substituents is 2. The Morgan fingerprint density at radius 2 is 2.10 bits per heavy atom. The highest BCUT2D eigenvalue weighted by Crippen LogP contribution is 2.35. The largest absolute Gasteiger partial charge is 0.508 e. The number of rotatable bonds is 3. The minimum absolute atomic E-state index is 0.132. The molecule has 4 nitrogen and oxygen atoms in total. The zero-order valence-corrected chi connectivity index (χ0v) is 12.0. The van der Waals surface area contributed by atoms with E-state index in [4.69, 9.17) is 4.74 Å². The summed E-state index contributed by atoms with van der Waals surface area (Å²) in [5.41, 5.74) is 3.37. The highest BCUT2D eigenvalue weighted by atomic mass is 16.5. The molecule has 0 bridgehead atoms. The Bertz CT molecular complexity index is 654. The van der Waals surface area contributed by atoms with Crippen LogP contribution in [0.15, 0.2) is 36.4 Å². The minimum Gasteiger partial charge on any atom is -0.508 e. The van der Waals surface area contributed by atoms with Crippen LogP contribution >= 0.6 is 0 Å². The van der Waals surface area contributed by atoms with E-state index in [2.05, 4.69) is 5.32 Å². The quantitative estimate of drug-likeness (QED) is 0.811. The lowest BCUT2D eigenvalue weighted by atomic mass is 9.90. The van der Waals surface area contributed by atoms with E-state index in [-0.39, 0.29) is 17.5 Å². The molecule has 0 aromatic heterocycles. The van der Waals surface area contributed by atoms with E-state index >= 15 is 0 Å². The fraction of sp³-hybridized carbons (Fsp3) is 0.294. The first-order valence-corrected chi connectivity index (χ1v) is 7.08. The summed E-state index contributed by atoms with van der Waals surface area (Å²) in [6.07, 6.45) is 1.69. The maximum Gasteiger partial charge on any atom is 0.160 e. The number of phenols is 2. The van der Waals surface area contributed by atoms with Crippen LogP contribution in [0.3, 0.4) is 0 Å². The summed E-state index contributed by atoms with van der Waals surface area (Å²) in [4.78, 5) is 0. The monoisotopic (exact) mass is 285 g/mol. The SMILES string of the molecule is COc1cc2c(cc1O)[C@H](Cc1cccc(O)c1)NCC2. The molecule has 1 atom stereocenters. The lowest BCUT2D eigenvalue weighted by Gasteiger charge is -2.28. The van der Waals surface area contributed by atoms with Crippen molar-refractivity contribution in [3.05, 3.63) is 53.1 Å². The Balaban J connectivity index is 1.91. The smallest absolute Gasteiger partial charge is 0.160 e. The summed E-state index contributed by atoms with van der Waals surface area (Å²) in [5, 5.41) is 23.0. The molecule has 0 spiro atoms. The summed E-state index contributed by atoms with van der Waals surface area (Å²) in [5.74, 6) is 0.966. The van der Waals surface area contributed by atoms with Crippen LogP contribution in [0.1, 0.15) is 22.7 Å². The van der Waals surface area contributed by atoms with Gasteiger partial charge in [0.05, 0.1) is 7.11 Å². The molecule has 1 aliphatic heterocycles. The van der Waals surface area contributed by atoms with Crippen LogP contribution in [0.2, 0.25) is 0 Å². The molecule has 1 aliphatic rings. The van der Waals surface area contributed by atoms with Gasteiger partial charge in [0.1, 0.15) is 5.75 Å². The highest BCUT2D eigenvalue weighted by molar-refractivity contribution is 5.49. The predicted molar refractivity (Wildman–Crippen MR) is 80.9 cm³/mol. The van der Waals surface area contributed by atoms with Crippen molar-refractivity contribution in [3.63, 3.8) is 0 Å². The zero-order chi connectivity index (χ0) is 14.8. The van der Waals surface area contributed by atoms with Gasteiger partial charge in [-0.1, -0.05) is 12.1 Å². The molecule has 1 heterocycles. The van der Waals surface area contributed by atoms with Crippen molar-refractivity contribution in [3.8, 4) is 17.2 Å². The standard InChI is InChI=1S/C17H19NO3/c1-21-17-9-12-5-6-18-15(14(12)10-16(17)20)8-11-3-2-4-13(19)7-11/h2-4,7,9-10,15,18-20H,5-6,8H2,1H3/t15-/m0/s1.